The van der Waals surface area contributed by atoms with Crippen LogP contribution < -0.4 is 10.5 Å². The Morgan fingerprint density at radius 1 is 1.19 bits per heavy atom. The smallest absolute Gasteiger partial charge is 0.134 e. The van der Waals surface area contributed by atoms with E-state index in [2.05, 4.69) is 0 Å². The molecular weight excluding hydrogens is 286 g/mol. The van der Waals surface area contributed by atoms with Crippen LogP contribution in [0, 0.1) is 6.92 Å². The summed E-state index contributed by atoms with van der Waals surface area (Å²) in [6.07, 6.45) is 0. The molecule has 0 fully saturated rings. The Labute approximate surface area is 128 Å². The Kier molecular flexibility index (Phi) is 3.86. The molecule has 0 amide bonds. The molecule has 2 N–H and O–H groups in total. The van der Waals surface area contributed by atoms with E-state index >= 15 is 0 Å². The van der Waals surface area contributed by atoms with E-state index in [1.54, 1.807) is 6.07 Å². The van der Waals surface area contributed by atoms with Crippen LogP contribution in [0.3, 0.4) is 0 Å². The molecule has 21 heavy (non-hydrogen) atoms. The predicted octanol–water partition coefficient (Wildman–Crippen LogP) is 4.47. The molecule has 1 aromatic heterocycles. The molecule has 0 bridgehead atoms. The van der Waals surface area contributed by atoms with Crippen molar-refractivity contribution in [1.82, 2.24) is 0 Å². The summed E-state index contributed by atoms with van der Waals surface area (Å²) in [5.74, 6) is 1.46. The zero-order chi connectivity index (χ0) is 14.8. The Morgan fingerprint density at radius 3 is 2.81 bits per heavy atom. The van der Waals surface area contributed by atoms with Crippen molar-refractivity contribution in [3.8, 4) is 5.75 Å². The molecule has 0 aliphatic rings. The molecule has 108 valence electrons. The fraction of sp³-hybridized carbons (Fsp3) is 0.176. The topological polar surface area (TPSA) is 48.4 Å². The molecule has 0 spiro atoms. The third-order valence-electron chi connectivity index (χ3n) is 3.38. The van der Waals surface area contributed by atoms with Gasteiger partial charge in [0.1, 0.15) is 23.7 Å². The van der Waals surface area contributed by atoms with E-state index < -0.39 is 0 Å². The first kappa shape index (κ1) is 14.0. The van der Waals surface area contributed by atoms with Crippen molar-refractivity contribution < 1.29 is 9.15 Å². The molecule has 2 aromatic carbocycles. The van der Waals surface area contributed by atoms with E-state index in [9.17, 15) is 0 Å². The summed E-state index contributed by atoms with van der Waals surface area (Å²) in [6.45, 7) is 2.30. The Balaban J connectivity index is 1.74. The van der Waals surface area contributed by atoms with Gasteiger partial charge in [0, 0.05) is 10.4 Å². The monoisotopic (exact) mass is 301 g/mol. The number of ether oxygens (including phenoxy) is 1. The van der Waals surface area contributed by atoms with Gasteiger partial charge in [-0.15, -0.1) is 0 Å². The van der Waals surface area contributed by atoms with Gasteiger partial charge in [0.15, 0.2) is 0 Å². The first-order chi connectivity index (χ1) is 10.1. The number of fused-ring (bicyclic) bond motifs is 1. The lowest BCUT2D eigenvalue weighted by molar-refractivity contribution is 0.273. The minimum Gasteiger partial charge on any atom is -0.491 e. The SMILES string of the molecule is Cc1ccc(Cl)cc1OCC(N)c1cc2ccccc2o1. The summed E-state index contributed by atoms with van der Waals surface area (Å²) >= 11 is 5.97. The van der Waals surface area contributed by atoms with E-state index in [4.69, 9.17) is 26.5 Å². The quantitative estimate of drug-likeness (QED) is 0.773. The van der Waals surface area contributed by atoms with Gasteiger partial charge in [-0.1, -0.05) is 35.9 Å². The maximum atomic E-state index is 6.14. The average Bonchev–Trinajstić information content (AvgIpc) is 2.92. The van der Waals surface area contributed by atoms with Crippen molar-refractivity contribution in [2.75, 3.05) is 6.61 Å². The second kappa shape index (κ2) is 5.80. The molecule has 1 atom stereocenters. The van der Waals surface area contributed by atoms with Crippen LogP contribution in [0.2, 0.25) is 5.02 Å². The molecule has 0 aliphatic heterocycles. The summed E-state index contributed by atoms with van der Waals surface area (Å²) in [4.78, 5) is 0. The minimum atomic E-state index is -0.323. The van der Waals surface area contributed by atoms with Gasteiger partial charge in [0.05, 0.1) is 6.04 Å². The summed E-state index contributed by atoms with van der Waals surface area (Å²) in [6, 6.07) is 15.0. The molecule has 0 saturated heterocycles. The normalized spacial score (nSPS) is 12.5. The number of para-hydroxylation sites is 1. The first-order valence-electron chi connectivity index (χ1n) is 6.76. The van der Waals surface area contributed by atoms with Gasteiger partial charge in [0.25, 0.3) is 0 Å². The van der Waals surface area contributed by atoms with Crippen LogP contribution >= 0.6 is 11.6 Å². The van der Waals surface area contributed by atoms with Crippen LogP contribution in [0.4, 0.5) is 0 Å². The summed E-state index contributed by atoms with van der Waals surface area (Å²) in [5, 5.41) is 1.69. The van der Waals surface area contributed by atoms with E-state index in [1.165, 1.54) is 0 Å². The lowest BCUT2D eigenvalue weighted by Gasteiger charge is -2.13. The number of aryl methyl sites for hydroxylation is 1. The van der Waals surface area contributed by atoms with Crippen LogP contribution in [0.5, 0.6) is 5.75 Å². The van der Waals surface area contributed by atoms with Crippen LogP contribution in [-0.4, -0.2) is 6.61 Å². The van der Waals surface area contributed by atoms with E-state index in [1.807, 2.05) is 49.4 Å². The van der Waals surface area contributed by atoms with Gasteiger partial charge in [-0.25, -0.2) is 0 Å². The van der Waals surface area contributed by atoms with E-state index in [0.717, 1.165) is 28.0 Å². The lowest BCUT2D eigenvalue weighted by Crippen LogP contribution is -2.18. The van der Waals surface area contributed by atoms with Gasteiger partial charge in [-0.3, -0.25) is 0 Å². The summed E-state index contributed by atoms with van der Waals surface area (Å²) in [5.41, 5.74) is 8.00. The van der Waals surface area contributed by atoms with Gasteiger partial charge in [-0.2, -0.15) is 0 Å². The molecule has 3 rings (SSSR count). The van der Waals surface area contributed by atoms with Crippen molar-refractivity contribution in [3.05, 3.63) is 64.9 Å². The first-order valence-corrected chi connectivity index (χ1v) is 7.14. The third-order valence-corrected chi connectivity index (χ3v) is 3.61. The molecular formula is C17H16ClNO2. The average molecular weight is 302 g/mol. The Hall–Kier alpha value is -1.97. The second-order valence-corrected chi connectivity index (χ2v) is 5.45. The Bertz CT molecular complexity index is 733. The third kappa shape index (κ3) is 3.04. The van der Waals surface area contributed by atoms with Gasteiger partial charge in [0.2, 0.25) is 0 Å². The maximum absolute atomic E-state index is 6.14. The standard InChI is InChI=1S/C17H16ClNO2/c1-11-6-7-13(18)9-16(11)20-10-14(19)17-8-12-4-2-3-5-15(12)21-17/h2-9,14H,10,19H2,1H3. The van der Waals surface area contributed by atoms with Crippen LogP contribution in [-0.2, 0) is 0 Å². The fourth-order valence-electron chi connectivity index (χ4n) is 2.18. The number of hydrogen-bond acceptors (Lipinski definition) is 3. The number of benzene rings is 2. The van der Waals surface area contributed by atoms with Crippen molar-refractivity contribution >= 4 is 22.6 Å². The molecule has 0 aliphatic carbocycles. The second-order valence-electron chi connectivity index (χ2n) is 5.01. The highest BCUT2D eigenvalue weighted by Crippen LogP contribution is 2.26. The number of furan rings is 1. The predicted molar refractivity (Wildman–Crippen MR) is 84.8 cm³/mol. The molecule has 3 aromatic rings. The Morgan fingerprint density at radius 2 is 2.00 bits per heavy atom. The summed E-state index contributed by atoms with van der Waals surface area (Å²) in [7, 11) is 0. The molecule has 1 unspecified atom stereocenters. The van der Waals surface area contributed by atoms with Crippen LogP contribution in [0.15, 0.2) is 52.9 Å². The number of halogens is 1. The zero-order valence-corrected chi connectivity index (χ0v) is 12.4. The molecule has 0 saturated carbocycles. The lowest BCUT2D eigenvalue weighted by atomic mass is 10.2. The molecule has 3 nitrogen and oxygen atoms in total. The highest BCUT2D eigenvalue weighted by Gasteiger charge is 2.13. The molecule has 4 heteroatoms. The van der Waals surface area contributed by atoms with Gasteiger partial charge < -0.3 is 14.9 Å². The molecule has 0 radical (unpaired) electrons. The largest absolute Gasteiger partial charge is 0.491 e. The molecule has 1 heterocycles. The maximum Gasteiger partial charge on any atom is 0.134 e. The number of rotatable bonds is 4. The number of hydrogen-bond donors (Lipinski definition) is 1. The number of nitrogens with two attached hydrogens (primary N) is 1. The zero-order valence-electron chi connectivity index (χ0n) is 11.7. The highest BCUT2D eigenvalue weighted by molar-refractivity contribution is 6.30. The van der Waals surface area contributed by atoms with Crippen molar-refractivity contribution in [2.45, 2.75) is 13.0 Å². The highest BCUT2D eigenvalue weighted by atomic mass is 35.5. The van der Waals surface area contributed by atoms with Gasteiger partial charge >= 0.3 is 0 Å². The van der Waals surface area contributed by atoms with Crippen molar-refractivity contribution in [2.24, 2.45) is 5.73 Å². The van der Waals surface area contributed by atoms with Crippen LogP contribution in [0.1, 0.15) is 17.4 Å². The van der Waals surface area contributed by atoms with E-state index in [-0.39, 0.29) is 6.04 Å². The fourth-order valence-corrected chi connectivity index (χ4v) is 2.34. The summed E-state index contributed by atoms with van der Waals surface area (Å²) < 4.78 is 11.5. The van der Waals surface area contributed by atoms with E-state index in [0.29, 0.717) is 11.6 Å². The van der Waals surface area contributed by atoms with Crippen molar-refractivity contribution in [1.29, 1.82) is 0 Å². The van der Waals surface area contributed by atoms with Crippen molar-refractivity contribution in [3.63, 3.8) is 0 Å². The minimum absolute atomic E-state index is 0.323. The van der Waals surface area contributed by atoms with Gasteiger partial charge in [-0.05, 0) is 36.8 Å². The van der Waals surface area contributed by atoms with Crippen LogP contribution in [0.25, 0.3) is 11.0 Å².